The number of halogens is 1. The number of rotatable bonds is 5. The molecule has 2 heterocycles. The maximum atomic E-state index is 13.4. The molecule has 1 fully saturated rings. The lowest BCUT2D eigenvalue weighted by Crippen LogP contribution is -2.53. The smallest absolute Gasteiger partial charge is 0.223 e. The van der Waals surface area contributed by atoms with E-state index in [1.54, 1.807) is 24.0 Å². The molecule has 1 unspecified atom stereocenters. The Morgan fingerprint density at radius 1 is 1.09 bits per heavy atom. The van der Waals surface area contributed by atoms with Crippen molar-refractivity contribution in [1.82, 2.24) is 10.2 Å². The standard InChI is InChI=1S/C25H30FN3O3/c1-17(30)27-25(21-4-6-22(26)7-5-21)10-13-28(14-11-25)16-24(32)20-3-8-23-19(15-20)9-12-29(23)18(2)31/h3-8,15,24,32H,9-14,16H2,1-2H3,(H,27,30). The van der Waals surface area contributed by atoms with Crippen molar-refractivity contribution >= 4 is 17.5 Å². The third-order valence-corrected chi connectivity index (χ3v) is 6.72. The first-order valence-electron chi connectivity index (χ1n) is 11.1. The van der Waals surface area contributed by atoms with Crippen molar-refractivity contribution in [3.05, 3.63) is 65.0 Å². The van der Waals surface area contributed by atoms with Gasteiger partial charge in [0.2, 0.25) is 11.8 Å². The first-order valence-corrected chi connectivity index (χ1v) is 11.1. The van der Waals surface area contributed by atoms with Crippen LogP contribution in [0.5, 0.6) is 0 Å². The molecule has 0 radical (unpaired) electrons. The van der Waals surface area contributed by atoms with Crippen molar-refractivity contribution < 1.29 is 19.1 Å². The van der Waals surface area contributed by atoms with Gasteiger partial charge in [-0.25, -0.2) is 4.39 Å². The number of piperidine rings is 1. The van der Waals surface area contributed by atoms with E-state index in [0.29, 0.717) is 39.0 Å². The van der Waals surface area contributed by atoms with E-state index in [-0.39, 0.29) is 17.6 Å². The lowest BCUT2D eigenvalue weighted by molar-refractivity contribution is -0.121. The molecule has 0 saturated carbocycles. The molecule has 0 spiro atoms. The number of carbonyl (C=O) groups excluding carboxylic acids is 2. The van der Waals surface area contributed by atoms with Gasteiger partial charge in [-0.3, -0.25) is 9.59 Å². The maximum Gasteiger partial charge on any atom is 0.223 e. The summed E-state index contributed by atoms with van der Waals surface area (Å²) >= 11 is 0. The van der Waals surface area contributed by atoms with Crippen molar-refractivity contribution in [1.29, 1.82) is 0 Å². The number of nitrogens with zero attached hydrogens (tertiary/aromatic N) is 2. The van der Waals surface area contributed by atoms with Gasteiger partial charge in [-0.05, 0) is 54.2 Å². The molecule has 170 valence electrons. The molecular weight excluding hydrogens is 409 g/mol. The summed E-state index contributed by atoms with van der Waals surface area (Å²) in [6, 6.07) is 12.2. The first-order chi connectivity index (χ1) is 15.3. The Bertz CT molecular complexity index is 1000. The number of likely N-dealkylation sites (tertiary alicyclic amines) is 1. The summed E-state index contributed by atoms with van der Waals surface area (Å²) < 4.78 is 13.4. The van der Waals surface area contributed by atoms with Crippen LogP contribution in [0.2, 0.25) is 0 Å². The van der Waals surface area contributed by atoms with Gasteiger partial charge >= 0.3 is 0 Å². The number of nitrogens with one attached hydrogen (secondary N) is 1. The Hall–Kier alpha value is -2.77. The van der Waals surface area contributed by atoms with Crippen LogP contribution < -0.4 is 10.2 Å². The molecule has 2 amide bonds. The highest BCUT2D eigenvalue weighted by atomic mass is 19.1. The van der Waals surface area contributed by atoms with Crippen molar-refractivity contribution in [2.24, 2.45) is 0 Å². The minimum absolute atomic E-state index is 0.0363. The monoisotopic (exact) mass is 439 g/mol. The van der Waals surface area contributed by atoms with E-state index >= 15 is 0 Å². The Balaban J connectivity index is 1.42. The third kappa shape index (κ3) is 4.54. The van der Waals surface area contributed by atoms with E-state index in [4.69, 9.17) is 0 Å². The van der Waals surface area contributed by atoms with E-state index in [0.717, 1.165) is 28.8 Å². The summed E-state index contributed by atoms with van der Waals surface area (Å²) in [6.45, 7) is 5.67. The minimum atomic E-state index is -0.634. The van der Waals surface area contributed by atoms with E-state index < -0.39 is 11.6 Å². The molecule has 1 atom stereocenters. The lowest BCUT2D eigenvalue weighted by Gasteiger charge is -2.43. The van der Waals surface area contributed by atoms with Crippen LogP contribution in [0.4, 0.5) is 10.1 Å². The van der Waals surface area contributed by atoms with E-state index in [2.05, 4.69) is 10.2 Å². The Kier molecular flexibility index (Phi) is 6.31. The highest BCUT2D eigenvalue weighted by molar-refractivity contribution is 5.93. The van der Waals surface area contributed by atoms with Gasteiger partial charge in [0, 0.05) is 45.7 Å². The average molecular weight is 440 g/mol. The summed E-state index contributed by atoms with van der Waals surface area (Å²) in [7, 11) is 0. The molecule has 4 rings (SSSR count). The molecule has 2 aliphatic rings. The molecule has 2 N–H and O–H groups in total. The van der Waals surface area contributed by atoms with Crippen LogP contribution in [0.3, 0.4) is 0 Å². The number of aliphatic hydroxyl groups excluding tert-OH is 1. The Labute approximate surface area is 188 Å². The average Bonchev–Trinajstić information content (AvgIpc) is 3.19. The number of carbonyl (C=O) groups is 2. The predicted octanol–water partition coefficient (Wildman–Crippen LogP) is 2.90. The van der Waals surface area contributed by atoms with Crippen LogP contribution >= 0.6 is 0 Å². The largest absolute Gasteiger partial charge is 0.387 e. The van der Waals surface area contributed by atoms with E-state index in [1.165, 1.54) is 19.1 Å². The number of β-amino-alcohol motifs (C(OH)–C–C–N with tert-alkyl or cyclic N) is 1. The van der Waals surface area contributed by atoms with E-state index in [1.807, 2.05) is 18.2 Å². The number of aliphatic hydroxyl groups is 1. The zero-order chi connectivity index (χ0) is 22.9. The Morgan fingerprint density at radius 3 is 2.41 bits per heavy atom. The van der Waals surface area contributed by atoms with Gasteiger partial charge in [0.15, 0.2) is 0 Å². The zero-order valence-corrected chi connectivity index (χ0v) is 18.6. The molecular formula is C25H30FN3O3. The normalized spacial score (nSPS) is 18.8. The molecule has 32 heavy (non-hydrogen) atoms. The molecule has 6 nitrogen and oxygen atoms in total. The van der Waals surface area contributed by atoms with Gasteiger partial charge in [-0.1, -0.05) is 24.3 Å². The molecule has 0 aromatic heterocycles. The lowest BCUT2D eigenvalue weighted by atomic mass is 9.80. The van der Waals surface area contributed by atoms with Crippen LogP contribution in [0, 0.1) is 5.82 Å². The van der Waals surface area contributed by atoms with E-state index in [9.17, 15) is 19.1 Å². The van der Waals surface area contributed by atoms with Gasteiger partial charge < -0.3 is 20.2 Å². The molecule has 2 aliphatic heterocycles. The number of amides is 2. The predicted molar refractivity (Wildman–Crippen MR) is 121 cm³/mol. The summed E-state index contributed by atoms with van der Waals surface area (Å²) in [5, 5.41) is 14.0. The highest BCUT2D eigenvalue weighted by Crippen LogP contribution is 2.35. The summed E-state index contributed by atoms with van der Waals surface area (Å²) in [6.07, 6.45) is 1.53. The molecule has 0 aliphatic carbocycles. The third-order valence-electron chi connectivity index (χ3n) is 6.72. The fourth-order valence-corrected chi connectivity index (χ4v) is 5.02. The van der Waals surface area contributed by atoms with Crippen molar-refractivity contribution in [3.8, 4) is 0 Å². The van der Waals surface area contributed by atoms with Crippen molar-refractivity contribution in [2.45, 2.75) is 44.8 Å². The van der Waals surface area contributed by atoms with Gasteiger partial charge in [0.25, 0.3) is 0 Å². The van der Waals surface area contributed by atoms with Gasteiger partial charge in [-0.15, -0.1) is 0 Å². The second-order valence-electron chi connectivity index (χ2n) is 8.90. The van der Waals surface area contributed by atoms with Gasteiger partial charge in [-0.2, -0.15) is 0 Å². The van der Waals surface area contributed by atoms with Crippen molar-refractivity contribution in [2.75, 3.05) is 31.1 Å². The maximum absolute atomic E-state index is 13.4. The second kappa shape index (κ2) is 9.00. The number of hydrogen-bond donors (Lipinski definition) is 2. The topological polar surface area (TPSA) is 72.9 Å². The Morgan fingerprint density at radius 2 is 1.78 bits per heavy atom. The van der Waals surface area contributed by atoms with Crippen LogP contribution in [0.15, 0.2) is 42.5 Å². The minimum Gasteiger partial charge on any atom is -0.387 e. The van der Waals surface area contributed by atoms with Gasteiger partial charge in [0.05, 0.1) is 11.6 Å². The number of benzene rings is 2. The molecule has 2 aromatic rings. The summed E-state index contributed by atoms with van der Waals surface area (Å²) in [4.78, 5) is 27.6. The highest BCUT2D eigenvalue weighted by Gasteiger charge is 2.37. The fourth-order valence-electron chi connectivity index (χ4n) is 5.02. The zero-order valence-electron chi connectivity index (χ0n) is 18.6. The molecule has 7 heteroatoms. The number of fused-ring (bicyclic) bond motifs is 1. The quantitative estimate of drug-likeness (QED) is 0.752. The van der Waals surface area contributed by atoms with Crippen LogP contribution in [-0.2, 0) is 21.5 Å². The van der Waals surface area contributed by atoms with Crippen LogP contribution in [0.1, 0.15) is 49.5 Å². The summed E-state index contributed by atoms with van der Waals surface area (Å²) in [5.41, 5.74) is 3.27. The molecule has 2 aromatic carbocycles. The van der Waals surface area contributed by atoms with Crippen LogP contribution in [0.25, 0.3) is 0 Å². The second-order valence-corrected chi connectivity index (χ2v) is 8.90. The summed E-state index contributed by atoms with van der Waals surface area (Å²) in [5.74, 6) is -0.372. The SMILES string of the molecule is CC(=O)NC1(c2ccc(F)cc2)CCN(CC(O)c2ccc3c(c2)CCN3C(C)=O)CC1. The first kappa shape index (κ1) is 22.4. The van der Waals surface area contributed by atoms with Crippen LogP contribution in [-0.4, -0.2) is 48.0 Å². The molecule has 1 saturated heterocycles. The van der Waals surface area contributed by atoms with Gasteiger partial charge in [0.1, 0.15) is 5.82 Å². The number of hydrogen-bond acceptors (Lipinski definition) is 4. The fraction of sp³-hybridized carbons (Fsp3) is 0.440. The van der Waals surface area contributed by atoms with Crippen molar-refractivity contribution in [3.63, 3.8) is 0 Å². The number of anilines is 1. The molecule has 0 bridgehead atoms.